The highest BCUT2D eigenvalue weighted by Gasteiger charge is 2.23. The van der Waals surface area contributed by atoms with E-state index < -0.39 is 0 Å². The lowest BCUT2D eigenvalue weighted by molar-refractivity contribution is 0.490. The Bertz CT molecular complexity index is 541. The summed E-state index contributed by atoms with van der Waals surface area (Å²) in [6.45, 7) is 2.98. The van der Waals surface area contributed by atoms with Gasteiger partial charge in [0.25, 0.3) is 0 Å². The molecule has 2 nitrogen and oxygen atoms in total. The van der Waals surface area contributed by atoms with Crippen molar-refractivity contribution in [1.82, 2.24) is 5.32 Å². The number of hydrogen-bond acceptors (Lipinski definition) is 2. The molecule has 0 radical (unpaired) electrons. The molecule has 0 spiro atoms. The Kier molecular flexibility index (Phi) is 3.72. The van der Waals surface area contributed by atoms with E-state index in [2.05, 4.69) is 46.6 Å². The Morgan fingerprint density at radius 3 is 2.68 bits per heavy atom. The van der Waals surface area contributed by atoms with Crippen molar-refractivity contribution < 1.29 is 0 Å². The van der Waals surface area contributed by atoms with Crippen molar-refractivity contribution in [3.63, 3.8) is 0 Å². The van der Waals surface area contributed by atoms with E-state index in [1.807, 2.05) is 18.2 Å². The molecule has 1 aliphatic rings. The lowest BCUT2D eigenvalue weighted by Gasteiger charge is -2.38. The molecule has 98 valence electrons. The zero-order valence-electron chi connectivity index (χ0n) is 10.7. The Morgan fingerprint density at radius 1 is 1.05 bits per heavy atom. The van der Waals surface area contributed by atoms with Gasteiger partial charge in [0, 0.05) is 30.3 Å². The van der Waals surface area contributed by atoms with E-state index in [4.69, 9.17) is 11.6 Å². The summed E-state index contributed by atoms with van der Waals surface area (Å²) in [5.41, 5.74) is 2.54. The first kappa shape index (κ1) is 12.5. The number of anilines is 1. The third-order valence-corrected chi connectivity index (χ3v) is 3.80. The van der Waals surface area contributed by atoms with E-state index in [9.17, 15) is 0 Å². The van der Waals surface area contributed by atoms with Crippen LogP contribution in [0.5, 0.6) is 0 Å². The number of benzene rings is 2. The first-order chi connectivity index (χ1) is 9.34. The SMILES string of the molecule is Clc1cccc(N2CCNCC2c2ccccc2)c1. The minimum atomic E-state index is 0.369. The summed E-state index contributed by atoms with van der Waals surface area (Å²) < 4.78 is 0. The highest BCUT2D eigenvalue weighted by molar-refractivity contribution is 6.30. The molecule has 2 aromatic rings. The van der Waals surface area contributed by atoms with E-state index in [1.165, 1.54) is 11.3 Å². The van der Waals surface area contributed by atoms with Crippen LogP contribution in [0.25, 0.3) is 0 Å². The summed E-state index contributed by atoms with van der Waals surface area (Å²) in [5, 5.41) is 4.27. The Balaban J connectivity index is 1.93. The maximum Gasteiger partial charge on any atom is 0.0667 e. The molecule has 1 N–H and O–H groups in total. The van der Waals surface area contributed by atoms with Crippen LogP contribution in [0.4, 0.5) is 5.69 Å². The van der Waals surface area contributed by atoms with Crippen LogP contribution < -0.4 is 10.2 Å². The first-order valence-electron chi connectivity index (χ1n) is 6.62. The third-order valence-electron chi connectivity index (χ3n) is 3.57. The largest absolute Gasteiger partial charge is 0.362 e. The second-order valence-electron chi connectivity index (χ2n) is 4.80. The zero-order valence-corrected chi connectivity index (χ0v) is 11.5. The third kappa shape index (κ3) is 2.75. The fourth-order valence-electron chi connectivity index (χ4n) is 2.64. The summed E-state index contributed by atoms with van der Waals surface area (Å²) in [7, 11) is 0. The van der Waals surface area contributed by atoms with Crippen LogP contribution in [0.15, 0.2) is 54.6 Å². The van der Waals surface area contributed by atoms with E-state index in [0.717, 1.165) is 24.7 Å². The fourth-order valence-corrected chi connectivity index (χ4v) is 2.83. The summed E-state index contributed by atoms with van der Waals surface area (Å²) in [4.78, 5) is 2.43. The molecule has 2 aromatic carbocycles. The van der Waals surface area contributed by atoms with Crippen LogP contribution in [0.3, 0.4) is 0 Å². The summed E-state index contributed by atoms with van der Waals surface area (Å²) in [6.07, 6.45) is 0. The van der Waals surface area contributed by atoms with Crippen LogP contribution >= 0.6 is 11.6 Å². The molecule has 1 unspecified atom stereocenters. The van der Waals surface area contributed by atoms with Gasteiger partial charge in [-0.25, -0.2) is 0 Å². The second-order valence-corrected chi connectivity index (χ2v) is 5.24. The van der Waals surface area contributed by atoms with Gasteiger partial charge >= 0.3 is 0 Å². The molecule has 0 bridgehead atoms. The maximum absolute atomic E-state index is 6.12. The smallest absolute Gasteiger partial charge is 0.0667 e. The van der Waals surface area contributed by atoms with Crippen LogP contribution in [0.1, 0.15) is 11.6 Å². The molecule has 1 heterocycles. The van der Waals surface area contributed by atoms with Gasteiger partial charge in [-0.2, -0.15) is 0 Å². The lowest BCUT2D eigenvalue weighted by Crippen LogP contribution is -2.46. The molecule has 0 aliphatic carbocycles. The van der Waals surface area contributed by atoms with Crippen molar-refractivity contribution in [2.75, 3.05) is 24.5 Å². The normalized spacial score (nSPS) is 19.4. The standard InChI is InChI=1S/C16H17ClN2/c17-14-7-4-8-15(11-14)19-10-9-18-12-16(19)13-5-2-1-3-6-13/h1-8,11,16,18H,9-10,12H2. The zero-order chi connectivity index (χ0) is 13.1. The van der Waals surface area contributed by atoms with Gasteiger partial charge in [-0.05, 0) is 23.8 Å². The van der Waals surface area contributed by atoms with Gasteiger partial charge < -0.3 is 10.2 Å². The molecule has 0 amide bonds. The maximum atomic E-state index is 6.12. The highest BCUT2D eigenvalue weighted by atomic mass is 35.5. The van der Waals surface area contributed by atoms with Crippen molar-refractivity contribution in [3.05, 3.63) is 65.2 Å². The molecule has 1 aliphatic heterocycles. The van der Waals surface area contributed by atoms with Gasteiger partial charge in [0.1, 0.15) is 0 Å². The molecule has 1 fully saturated rings. The average molecular weight is 273 g/mol. The van der Waals surface area contributed by atoms with Crippen molar-refractivity contribution in [3.8, 4) is 0 Å². The molecule has 3 heteroatoms. The molecular formula is C16H17ClN2. The second kappa shape index (κ2) is 5.64. The van der Waals surface area contributed by atoms with Gasteiger partial charge in [0.05, 0.1) is 6.04 Å². The van der Waals surface area contributed by atoms with Gasteiger partial charge in [-0.15, -0.1) is 0 Å². The van der Waals surface area contributed by atoms with Crippen molar-refractivity contribution >= 4 is 17.3 Å². The molecule has 0 aromatic heterocycles. The van der Waals surface area contributed by atoms with Gasteiger partial charge in [0.2, 0.25) is 0 Å². The van der Waals surface area contributed by atoms with Gasteiger partial charge in [0.15, 0.2) is 0 Å². The number of rotatable bonds is 2. The predicted octanol–water partition coefficient (Wildman–Crippen LogP) is 3.49. The fraction of sp³-hybridized carbons (Fsp3) is 0.250. The highest BCUT2D eigenvalue weighted by Crippen LogP contribution is 2.29. The monoisotopic (exact) mass is 272 g/mol. The Morgan fingerprint density at radius 2 is 1.89 bits per heavy atom. The van der Waals surface area contributed by atoms with E-state index in [1.54, 1.807) is 0 Å². The first-order valence-corrected chi connectivity index (χ1v) is 7.00. The summed E-state index contributed by atoms with van der Waals surface area (Å²) in [6, 6.07) is 19.1. The van der Waals surface area contributed by atoms with E-state index in [-0.39, 0.29) is 0 Å². The van der Waals surface area contributed by atoms with Crippen molar-refractivity contribution in [2.24, 2.45) is 0 Å². The number of piperazine rings is 1. The van der Waals surface area contributed by atoms with E-state index in [0.29, 0.717) is 6.04 Å². The van der Waals surface area contributed by atoms with Crippen LogP contribution in [0, 0.1) is 0 Å². The predicted molar refractivity (Wildman–Crippen MR) is 80.9 cm³/mol. The van der Waals surface area contributed by atoms with Crippen molar-refractivity contribution in [2.45, 2.75) is 6.04 Å². The molecule has 1 saturated heterocycles. The molecule has 3 rings (SSSR count). The average Bonchev–Trinajstić information content (AvgIpc) is 2.48. The van der Waals surface area contributed by atoms with Crippen LogP contribution in [-0.2, 0) is 0 Å². The number of halogens is 1. The molecule has 0 saturated carbocycles. The minimum absolute atomic E-state index is 0.369. The topological polar surface area (TPSA) is 15.3 Å². The lowest BCUT2D eigenvalue weighted by atomic mass is 10.0. The van der Waals surface area contributed by atoms with Gasteiger partial charge in [-0.1, -0.05) is 48.0 Å². The molecule has 1 atom stereocenters. The summed E-state index contributed by atoms with van der Waals surface area (Å²) >= 11 is 6.12. The quantitative estimate of drug-likeness (QED) is 0.900. The molecular weight excluding hydrogens is 256 g/mol. The van der Waals surface area contributed by atoms with Gasteiger partial charge in [-0.3, -0.25) is 0 Å². The molecule has 19 heavy (non-hydrogen) atoms. The Labute approximate surface area is 119 Å². The number of nitrogens with zero attached hydrogens (tertiary/aromatic N) is 1. The van der Waals surface area contributed by atoms with Crippen LogP contribution in [0.2, 0.25) is 5.02 Å². The summed E-state index contributed by atoms with van der Waals surface area (Å²) in [5.74, 6) is 0. The minimum Gasteiger partial charge on any atom is -0.362 e. The number of hydrogen-bond donors (Lipinski definition) is 1. The van der Waals surface area contributed by atoms with Crippen molar-refractivity contribution in [1.29, 1.82) is 0 Å². The Hall–Kier alpha value is -1.51. The van der Waals surface area contributed by atoms with Crippen LogP contribution in [-0.4, -0.2) is 19.6 Å². The number of nitrogens with one attached hydrogen (secondary N) is 1. The van der Waals surface area contributed by atoms with E-state index >= 15 is 0 Å².